The Morgan fingerprint density at radius 2 is 1.93 bits per heavy atom. The number of likely N-dealkylation sites (tertiary alicyclic amines) is 1. The summed E-state index contributed by atoms with van der Waals surface area (Å²) >= 11 is 0. The standard InChI is InChI=1S/C22H31N3O2/c26-22(25-14-8-19(9-15-25)18-5-2-1-3-6-18)23-20-10-12-24(13-11-20)17-21-7-4-16-27-21/h1-3,5-6,8,20-21H,4,7,9-17H2,(H,23,26). The van der Waals surface area contributed by atoms with Crippen LogP contribution in [0.5, 0.6) is 0 Å². The number of nitrogens with one attached hydrogen (secondary N) is 1. The van der Waals surface area contributed by atoms with E-state index in [1.54, 1.807) is 0 Å². The number of carbonyl (C=O) groups is 1. The van der Waals surface area contributed by atoms with Crippen molar-refractivity contribution in [2.45, 2.75) is 44.2 Å². The fraction of sp³-hybridized carbons (Fsp3) is 0.591. The fourth-order valence-corrected chi connectivity index (χ4v) is 4.37. The maximum Gasteiger partial charge on any atom is 0.317 e. The molecule has 2 fully saturated rings. The lowest BCUT2D eigenvalue weighted by molar-refractivity contribution is 0.0628. The summed E-state index contributed by atoms with van der Waals surface area (Å²) in [5.41, 5.74) is 2.62. The summed E-state index contributed by atoms with van der Waals surface area (Å²) in [4.78, 5) is 17.1. The highest BCUT2D eigenvalue weighted by Crippen LogP contribution is 2.22. The van der Waals surface area contributed by atoms with Crippen LogP contribution in [0.2, 0.25) is 0 Å². The van der Waals surface area contributed by atoms with E-state index in [-0.39, 0.29) is 6.03 Å². The number of rotatable bonds is 4. The van der Waals surface area contributed by atoms with Crippen molar-refractivity contribution in [3.63, 3.8) is 0 Å². The molecule has 5 nitrogen and oxygen atoms in total. The van der Waals surface area contributed by atoms with Crippen LogP contribution in [-0.4, -0.2) is 67.3 Å². The number of piperidine rings is 1. The molecule has 1 atom stereocenters. The van der Waals surface area contributed by atoms with Crippen molar-refractivity contribution in [1.29, 1.82) is 0 Å². The van der Waals surface area contributed by atoms with Gasteiger partial charge in [-0.1, -0.05) is 36.4 Å². The van der Waals surface area contributed by atoms with Gasteiger partial charge in [0, 0.05) is 45.4 Å². The Labute approximate surface area is 162 Å². The summed E-state index contributed by atoms with van der Waals surface area (Å²) in [7, 11) is 0. The van der Waals surface area contributed by atoms with Crippen LogP contribution in [0.4, 0.5) is 4.79 Å². The van der Waals surface area contributed by atoms with Crippen molar-refractivity contribution in [2.75, 3.05) is 39.3 Å². The van der Waals surface area contributed by atoms with Crippen LogP contribution in [0, 0.1) is 0 Å². The van der Waals surface area contributed by atoms with E-state index in [9.17, 15) is 4.79 Å². The number of benzene rings is 1. The minimum absolute atomic E-state index is 0.0935. The van der Waals surface area contributed by atoms with Crippen LogP contribution in [0.3, 0.4) is 0 Å². The Kier molecular flexibility index (Phi) is 6.10. The maximum atomic E-state index is 12.6. The Morgan fingerprint density at radius 1 is 1.11 bits per heavy atom. The minimum atomic E-state index is 0.0935. The molecule has 1 unspecified atom stereocenters. The summed E-state index contributed by atoms with van der Waals surface area (Å²) in [5.74, 6) is 0. The van der Waals surface area contributed by atoms with E-state index in [1.807, 2.05) is 11.0 Å². The number of ether oxygens (including phenoxy) is 1. The van der Waals surface area contributed by atoms with Gasteiger partial charge in [0.25, 0.3) is 0 Å². The molecule has 27 heavy (non-hydrogen) atoms. The van der Waals surface area contributed by atoms with Gasteiger partial charge in [0.1, 0.15) is 0 Å². The molecule has 0 spiro atoms. The summed E-state index contributed by atoms with van der Waals surface area (Å²) in [6, 6.07) is 10.9. The minimum Gasteiger partial charge on any atom is -0.377 e. The third-order valence-corrected chi connectivity index (χ3v) is 6.04. The molecule has 0 bridgehead atoms. The summed E-state index contributed by atoms with van der Waals surface area (Å²) in [6.07, 6.45) is 8.03. The second-order valence-electron chi connectivity index (χ2n) is 7.95. The lowest BCUT2D eigenvalue weighted by Crippen LogP contribution is -2.50. The van der Waals surface area contributed by atoms with E-state index in [0.717, 1.165) is 52.0 Å². The Hall–Kier alpha value is -1.85. The van der Waals surface area contributed by atoms with Crippen molar-refractivity contribution in [2.24, 2.45) is 0 Å². The first-order valence-electron chi connectivity index (χ1n) is 10.4. The highest BCUT2D eigenvalue weighted by atomic mass is 16.5. The van der Waals surface area contributed by atoms with Crippen LogP contribution in [0.25, 0.3) is 5.57 Å². The average molecular weight is 370 g/mol. The quantitative estimate of drug-likeness (QED) is 0.887. The van der Waals surface area contributed by atoms with Crippen molar-refractivity contribution in [3.8, 4) is 0 Å². The fourth-order valence-electron chi connectivity index (χ4n) is 4.37. The van der Waals surface area contributed by atoms with Crippen molar-refractivity contribution in [3.05, 3.63) is 42.0 Å². The first-order chi connectivity index (χ1) is 13.3. The Morgan fingerprint density at radius 3 is 2.59 bits per heavy atom. The predicted molar refractivity (Wildman–Crippen MR) is 108 cm³/mol. The van der Waals surface area contributed by atoms with Crippen molar-refractivity contribution in [1.82, 2.24) is 15.1 Å². The SMILES string of the molecule is O=C(NC1CCN(CC2CCCO2)CC1)N1CC=C(c2ccccc2)CC1. The highest BCUT2D eigenvalue weighted by molar-refractivity contribution is 5.77. The molecule has 4 rings (SSSR count). The maximum absolute atomic E-state index is 12.6. The molecule has 3 aliphatic rings. The van der Waals surface area contributed by atoms with Crippen LogP contribution in [0.15, 0.2) is 36.4 Å². The van der Waals surface area contributed by atoms with E-state index in [0.29, 0.717) is 18.7 Å². The molecule has 0 aromatic heterocycles. The number of urea groups is 1. The highest BCUT2D eigenvalue weighted by Gasteiger charge is 2.26. The predicted octanol–water partition coefficient (Wildman–Crippen LogP) is 3.13. The van der Waals surface area contributed by atoms with Crippen LogP contribution in [0.1, 0.15) is 37.7 Å². The molecule has 3 aliphatic heterocycles. The van der Waals surface area contributed by atoms with Gasteiger partial charge in [-0.15, -0.1) is 0 Å². The Balaban J connectivity index is 1.20. The molecule has 2 amide bonds. The number of hydrogen-bond acceptors (Lipinski definition) is 3. The van der Waals surface area contributed by atoms with Gasteiger partial charge in [-0.2, -0.15) is 0 Å². The molecule has 0 radical (unpaired) electrons. The zero-order chi connectivity index (χ0) is 18.5. The molecule has 2 saturated heterocycles. The van der Waals surface area contributed by atoms with Gasteiger partial charge in [0.05, 0.1) is 6.10 Å². The smallest absolute Gasteiger partial charge is 0.317 e. The second kappa shape index (κ2) is 8.89. The molecule has 5 heteroatoms. The summed E-state index contributed by atoms with van der Waals surface area (Å²) in [6.45, 7) is 5.59. The lowest BCUT2D eigenvalue weighted by atomic mass is 10.00. The van der Waals surface area contributed by atoms with Crippen molar-refractivity contribution < 1.29 is 9.53 Å². The monoisotopic (exact) mass is 369 g/mol. The van der Waals surface area contributed by atoms with Gasteiger partial charge in [-0.05, 0) is 43.2 Å². The van der Waals surface area contributed by atoms with Crippen molar-refractivity contribution >= 4 is 11.6 Å². The van der Waals surface area contributed by atoms with E-state index in [1.165, 1.54) is 24.0 Å². The van der Waals surface area contributed by atoms with Gasteiger partial charge >= 0.3 is 6.03 Å². The molecule has 0 aliphatic carbocycles. The first kappa shape index (κ1) is 18.5. The number of hydrogen-bond donors (Lipinski definition) is 1. The summed E-state index contributed by atoms with van der Waals surface area (Å²) in [5, 5.41) is 3.26. The van der Waals surface area contributed by atoms with E-state index in [2.05, 4.69) is 40.6 Å². The van der Waals surface area contributed by atoms with Gasteiger partial charge in [0.2, 0.25) is 0 Å². The van der Waals surface area contributed by atoms with Gasteiger partial charge < -0.3 is 19.9 Å². The number of amides is 2. The molecule has 1 N–H and O–H groups in total. The molecule has 146 valence electrons. The van der Waals surface area contributed by atoms with E-state index >= 15 is 0 Å². The van der Waals surface area contributed by atoms with Crippen LogP contribution >= 0.6 is 0 Å². The van der Waals surface area contributed by atoms with E-state index in [4.69, 9.17) is 4.74 Å². The Bertz CT molecular complexity index is 647. The third kappa shape index (κ3) is 4.90. The molecular weight excluding hydrogens is 338 g/mol. The molecular formula is C22H31N3O2. The average Bonchev–Trinajstić information content (AvgIpc) is 3.23. The van der Waals surface area contributed by atoms with Gasteiger partial charge in [-0.25, -0.2) is 4.79 Å². The number of nitrogens with zero attached hydrogens (tertiary/aromatic N) is 2. The topological polar surface area (TPSA) is 44.8 Å². The molecule has 0 saturated carbocycles. The van der Waals surface area contributed by atoms with Gasteiger partial charge in [-0.3, -0.25) is 0 Å². The van der Waals surface area contributed by atoms with Crippen LogP contribution in [-0.2, 0) is 4.74 Å². The largest absolute Gasteiger partial charge is 0.377 e. The molecule has 3 heterocycles. The van der Waals surface area contributed by atoms with Gasteiger partial charge in [0.15, 0.2) is 0 Å². The summed E-state index contributed by atoms with van der Waals surface area (Å²) < 4.78 is 5.74. The zero-order valence-corrected chi connectivity index (χ0v) is 16.1. The zero-order valence-electron chi connectivity index (χ0n) is 16.1. The first-order valence-corrected chi connectivity index (χ1v) is 10.4. The van der Waals surface area contributed by atoms with Crippen LogP contribution < -0.4 is 5.32 Å². The normalized spacial score (nSPS) is 24.7. The van der Waals surface area contributed by atoms with E-state index < -0.39 is 0 Å². The lowest BCUT2D eigenvalue weighted by Gasteiger charge is -2.35. The second-order valence-corrected chi connectivity index (χ2v) is 7.95. The number of carbonyl (C=O) groups excluding carboxylic acids is 1. The third-order valence-electron chi connectivity index (χ3n) is 6.04. The molecule has 1 aromatic rings. The molecule has 1 aromatic carbocycles.